The third-order valence-corrected chi connectivity index (χ3v) is 10.8. The Morgan fingerprint density at radius 3 is 1.66 bits per heavy atom. The summed E-state index contributed by atoms with van der Waals surface area (Å²) in [5, 5.41) is 27.3. The van der Waals surface area contributed by atoms with Gasteiger partial charge in [0.05, 0.1) is 17.3 Å². The third kappa shape index (κ3) is 7.71. The zero-order chi connectivity index (χ0) is 36.1. The van der Waals surface area contributed by atoms with E-state index in [0.29, 0.717) is 18.4 Å². The fourth-order valence-electron chi connectivity index (χ4n) is 7.69. The van der Waals surface area contributed by atoms with E-state index in [1.807, 2.05) is 77.7 Å². The Kier molecular flexibility index (Phi) is 9.99. The number of carboxylic acids is 1. The maximum absolute atomic E-state index is 13.0. The van der Waals surface area contributed by atoms with E-state index < -0.39 is 5.97 Å². The van der Waals surface area contributed by atoms with Gasteiger partial charge in [-0.25, -0.2) is 0 Å². The Labute approximate surface area is 309 Å². The van der Waals surface area contributed by atoms with Gasteiger partial charge in [0.2, 0.25) is 5.91 Å². The smallest absolute Gasteiger partial charge is 0.307 e. The number of amides is 1. The molecule has 53 heavy (non-hydrogen) atoms. The number of benzene rings is 4. The van der Waals surface area contributed by atoms with Crippen molar-refractivity contribution in [1.29, 1.82) is 0 Å². The normalized spacial score (nSPS) is 20.7. The number of carboxylic acid groups (broad SMARTS) is 1. The predicted octanol–water partition coefficient (Wildman–Crippen LogP) is 7.36. The van der Waals surface area contributed by atoms with E-state index in [-0.39, 0.29) is 17.8 Å². The highest BCUT2D eigenvalue weighted by molar-refractivity contribution is 5.83. The van der Waals surface area contributed by atoms with Crippen LogP contribution in [0.2, 0.25) is 0 Å². The molecular weight excluding hydrogens is 661 g/mol. The highest BCUT2D eigenvalue weighted by Crippen LogP contribution is 2.49. The lowest BCUT2D eigenvalue weighted by atomic mass is 10.0. The minimum atomic E-state index is -0.663. The topological polar surface area (TPSA) is 127 Å². The Morgan fingerprint density at radius 2 is 1.11 bits per heavy atom. The molecule has 2 aromatic heterocycles. The molecule has 9 nitrogen and oxygen atoms in total. The molecule has 2 saturated carbocycles. The van der Waals surface area contributed by atoms with Crippen LogP contribution in [-0.2, 0) is 35.5 Å². The van der Waals surface area contributed by atoms with Crippen LogP contribution in [0.5, 0.6) is 0 Å². The second-order valence-electron chi connectivity index (χ2n) is 14.3. The lowest BCUT2D eigenvalue weighted by molar-refractivity contribution is -0.138. The number of nitrogens with one attached hydrogen (secondary N) is 3. The highest BCUT2D eigenvalue weighted by Gasteiger charge is 2.46. The first-order valence-corrected chi connectivity index (χ1v) is 18.6. The van der Waals surface area contributed by atoms with Crippen molar-refractivity contribution in [3.63, 3.8) is 0 Å². The van der Waals surface area contributed by atoms with Gasteiger partial charge in [0.25, 0.3) is 0 Å². The molecule has 4 heterocycles. The molecule has 9 heteroatoms. The molecule has 0 bridgehead atoms. The first-order chi connectivity index (χ1) is 26.0. The molecule has 2 fully saturated rings. The van der Waals surface area contributed by atoms with Crippen molar-refractivity contribution in [2.75, 3.05) is 13.1 Å². The molecule has 6 aromatic rings. The van der Waals surface area contributed by atoms with Crippen molar-refractivity contribution in [2.45, 2.75) is 50.6 Å². The fraction of sp³-hybridized carbons (Fsp3) is 0.273. The van der Waals surface area contributed by atoms with Gasteiger partial charge in [-0.05, 0) is 35.8 Å². The Bertz CT molecular complexity index is 2150. The van der Waals surface area contributed by atoms with Crippen molar-refractivity contribution in [2.24, 2.45) is 11.8 Å². The van der Waals surface area contributed by atoms with E-state index in [9.17, 15) is 9.59 Å². The van der Waals surface area contributed by atoms with Gasteiger partial charge in [0.1, 0.15) is 0 Å². The van der Waals surface area contributed by atoms with Crippen LogP contribution in [0.25, 0.3) is 22.5 Å². The molecule has 10 rings (SSSR count). The number of carbonyl (C=O) groups is 2. The average Bonchev–Trinajstić information content (AvgIpc) is 4.13. The summed E-state index contributed by atoms with van der Waals surface area (Å²) < 4.78 is 0. The summed E-state index contributed by atoms with van der Waals surface area (Å²) in [7, 11) is 0. The van der Waals surface area contributed by atoms with Gasteiger partial charge in [0.15, 0.2) is 0 Å². The number of aromatic amines is 2. The summed E-state index contributed by atoms with van der Waals surface area (Å²) in [6.45, 7) is 3.41. The van der Waals surface area contributed by atoms with Crippen molar-refractivity contribution in [3.05, 3.63) is 155 Å². The number of carbonyl (C=O) groups excluding carboxylic acids is 1. The molecule has 0 saturated heterocycles. The van der Waals surface area contributed by atoms with Gasteiger partial charge < -0.3 is 15.3 Å². The summed E-state index contributed by atoms with van der Waals surface area (Å²) in [5.74, 6) is 0.304. The molecule has 4 aromatic carbocycles. The number of nitrogens with zero attached hydrogens (tertiary/aromatic N) is 3. The molecule has 4 N–H and O–H groups in total. The zero-order valence-electron chi connectivity index (χ0n) is 29.6. The van der Waals surface area contributed by atoms with Gasteiger partial charge >= 0.3 is 5.97 Å². The SMILES string of the molecule is O=C(C1CC1c1ccccc1)N1CCc2[nH]nc(-c3ccccc3)c2C1.O=C(O)[C@H]1CC1c1ccccc1.c1ccc(-c2n[nH]c3c2CNCC3)cc1. The van der Waals surface area contributed by atoms with Crippen LogP contribution >= 0.6 is 0 Å². The minimum absolute atomic E-state index is 0.132. The van der Waals surface area contributed by atoms with Crippen LogP contribution in [0.4, 0.5) is 0 Å². The maximum atomic E-state index is 13.0. The monoisotopic (exact) mass is 704 g/mol. The number of fused-ring (bicyclic) bond motifs is 2. The van der Waals surface area contributed by atoms with E-state index in [4.69, 9.17) is 5.11 Å². The third-order valence-electron chi connectivity index (χ3n) is 10.8. The number of aliphatic carboxylic acids is 1. The molecule has 0 spiro atoms. The number of rotatable bonds is 6. The minimum Gasteiger partial charge on any atom is -0.481 e. The van der Waals surface area contributed by atoms with Crippen molar-refractivity contribution in [1.82, 2.24) is 30.6 Å². The van der Waals surface area contributed by atoms with Gasteiger partial charge in [0, 0.05) is 78.6 Å². The van der Waals surface area contributed by atoms with Crippen molar-refractivity contribution >= 4 is 11.9 Å². The van der Waals surface area contributed by atoms with Crippen LogP contribution in [0.15, 0.2) is 121 Å². The number of hydrogen-bond donors (Lipinski definition) is 4. The Morgan fingerprint density at radius 1 is 0.623 bits per heavy atom. The highest BCUT2D eigenvalue weighted by atomic mass is 16.4. The van der Waals surface area contributed by atoms with Crippen LogP contribution in [-0.4, -0.2) is 55.4 Å². The summed E-state index contributed by atoms with van der Waals surface area (Å²) in [6.07, 6.45) is 3.68. The molecular formula is C44H44N6O3. The van der Waals surface area contributed by atoms with E-state index in [2.05, 4.69) is 74.2 Å². The molecule has 268 valence electrons. The second kappa shape index (κ2) is 15.4. The summed E-state index contributed by atoms with van der Waals surface area (Å²) in [6, 6.07) is 40.8. The standard InChI is InChI=1S/C22H21N3O.C12H13N3.C10H10O2/c26-22(18-13-17(18)15-7-3-1-4-8-15)25-12-11-20-19(14-25)21(24-23-20)16-9-5-2-6-10-16;1-2-4-9(5-3-1)12-10-8-13-7-6-11(10)14-15-12;11-10(12)9-6-8(9)7-4-2-1-3-5-7/h1-10,17-18H,11-14H2,(H,23,24);1-5,13H,6-8H2,(H,14,15);1-5,8-9H,6H2,(H,11,12)/t;;8?,9-/m..0/s1. The van der Waals surface area contributed by atoms with E-state index in [1.165, 1.54) is 33.6 Å². The molecule has 2 aliphatic carbocycles. The molecule has 3 unspecified atom stereocenters. The fourth-order valence-corrected chi connectivity index (χ4v) is 7.69. The largest absolute Gasteiger partial charge is 0.481 e. The van der Waals surface area contributed by atoms with E-state index >= 15 is 0 Å². The molecule has 0 radical (unpaired) electrons. The number of H-pyrrole nitrogens is 2. The van der Waals surface area contributed by atoms with Crippen LogP contribution in [0.1, 0.15) is 58.3 Å². The first-order valence-electron chi connectivity index (χ1n) is 18.6. The van der Waals surface area contributed by atoms with Gasteiger partial charge in [-0.1, -0.05) is 121 Å². The van der Waals surface area contributed by atoms with E-state index in [1.54, 1.807) is 0 Å². The summed E-state index contributed by atoms with van der Waals surface area (Å²) >= 11 is 0. The first kappa shape index (κ1) is 34.3. The van der Waals surface area contributed by atoms with Gasteiger partial charge in [-0.15, -0.1) is 0 Å². The summed E-state index contributed by atoms with van der Waals surface area (Å²) in [4.78, 5) is 25.6. The Balaban J connectivity index is 0.000000125. The number of hydrogen-bond acceptors (Lipinski definition) is 5. The maximum Gasteiger partial charge on any atom is 0.307 e. The Hall–Kier alpha value is -5.80. The quantitative estimate of drug-likeness (QED) is 0.144. The molecule has 1 amide bonds. The van der Waals surface area contributed by atoms with Gasteiger partial charge in [-0.2, -0.15) is 10.2 Å². The van der Waals surface area contributed by atoms with Crippen LogP contribution in [0.3, 0.4) is 0 Å². The lowest BCUT2D eigenvalue weighted by Crippen LogP contribution is -2.37. The number of aromatic nitrogens is 4. The molecule has 4 aliphatic rings. The van der Waals surface area contributed by atoms with Crippen LogP contribution in [0, 0.1) is 11.8 Å². The lowest BCUT2D eigenvalue weighted by Gasteiger charge is -2.27. The van der Waals surface area contributed by atoms with E-state index in [0.717, 1.165) is 67.8 Å². The zero-order valence-corrected chi connectivity index (χ0v) is 29.6. The van der Waals surface area contributed by atoms with Crippen LogP contribution < -0.4 is 5.32 Å². The van der Waals surface area contributed by atoms with Crippen molar-refractivity contribution in [3.8, 4) is 22.5 Å². The van der Waals surface area contributed by atoms with Gasteiger partial charge in [-0.3, -0.25) is 19.8 Å². The summed E-state index contributed by atoms with van der Waals surface area (Å²) in [5.41, 5.74) is 11.8. The van der Waals surface area contributed by atoms with Crippen molar-refractivity contribution < 1.29 is 14.7 Å². The molecule has 4 atom stereocenters. The molecule has 2 aliphatic heterocycles. The predicted molar refractivity (Wildman–Crippen MR) is 205 cm³/mol. The average molecular weight is 705 g/mol. The second-order valence-corrected chi connectivity index (χ2v) is 14.3.